The third-order valence-electron chi connectivity index (χ3n) is 5.18. The Balaban J connectivity index is 2.15. The van der Waals surface area contributed by atoms with Crippen molar-refractivity contribution in [2.24, 2.45) is 0 Å². The molecule has 0 bridgehead atoms. The summed E-state index contributed by atoms with van der Waals surface area (Å²) in [5, 5.41) is 0.968. The predicted molar refractivity (Wildman–Crippen MR) is 105 cm³/mol. The van der Waals surface area contributed by atoms with Crippen LogP contribution < -0.4 is 14.4 Å². The molecular weight excluding hydrogens is 407 g/mol. The van der Waals surface area contributed by atoms with Crippen molar-refractivity contribution in [1.82, 2.24) is 9.55 Å². The summed E-state index contributed by atoms with van der Waals surface area (Å²) in [6.07, 6.45) is 1.59. The molecule has 0 amide bonds. The van der Waals surface area contributed by atoms with Crippen LogP contribution >= 0.6 is 0 Å². The van der Waals surface area contributed by atoms with Crippen molar-refractivity contribution in [2.75, 3.05) is 0 Å². The molecular formula is C21H16N2O3Se. The number of aromatic nitrogens is 2. The number of benzene rings is 2. The zero-order chi connectivity index (χ0) is 18.9. The Morgan fingerprint density at radius 1 is 0.963 bits per heavy atom. The summed E-state index contributed by atoms with van der Waals surface area (Å²) in [6, 6.07) is 13.9. The van der Waals surface area contributed by atoms with E-state index in [1.54, 1.807) is 36.5 Å². The van der Waals surface area contributed by atoms with Crippen LogP contribution in [0.25, 0.3) is 27.6 Å². The summed E-state index contributed by atoms with van der Waals surface area (Å²) in [7, 11) is 0. The maximum atomic E-state index is 13.2. The van der Waals surface area contributed by atoms with Crippen LogP contribution in [0.3, 0.4) is 0 Å². The summed E-state index contributed by atoms with van der Waals surface area (Å²) < 4.78 is 28.7. The molecule has 0 unspecified atom stereocenters. The number of hydrogen-bond acceptors (Lipinski definition) is 4. The molecule has 0 aliphatic carbocycles. The van der Waals surface area contributed by atoms with Gasteiger partial charge in [0.15, 0.2) is 0 Å². The molecule has 134 valence electrons. The summed E-state index contributed by atoms with van der Waals surface area (Å²) in [5.41, 5.74) is 2.06. The standard InChI is InChI=1S/C21H16N2O3Se/c1-12(2)13-8-9-14-16(11-13)23-19-15(20(14)24)5-3-6-17(19)27(25,26)18-7-4-10-22-21(18)23/h3-12H,1-2H3. The molecule has 0 spiro atoms. The molecule has 0 radical (unpaired) electrons. The van der Waals surface area contributed by atoms with Gasteiger partial charge >= 0.3 is 157 Å². The normalized spacial score (nSPS) is 14.6. The fraction of sp³-hybridized carbons (Fsp3) is 0.143. The number of hydrogen-bond donors (Lipinski definition) is 0. The van der Waals surface area contributed by atoms with E-state index in [0.29, 0.717) is 27.6 Å². The number of pyridine rings is 2. The van der Waals surface area contributed by atoms with E-state index in [1.807, 2.05) is 22.8 Å². The summed E-state index contributed by atoms with van der Waals surface area (Å²) in [6.45, 7) is 4.17. The average Bonchev–Trinajstić information content (AvgIpc) is 2.67. The van der Waals surface area contributed by atoms with Crippen LogP contribution in [0, 0.1) is 0 Å². The number of fused-ring (bicyclic) bond motifs is 4. The Hall–Kier alpha value is -2.82. The van der Waals surface area contributed by atoms with Crippen molar-refractivity contribution < 1.29 is 7.67 Å². The quantitative estimate of drug-likeness (QED) is 0.307. The van der Waals surface area contributed by atoms with Crippen molar-refractivity contribution in [2.45, 2.75) is 19.8 Å². The fourth-order valence-corrected chi connectivity index (χ4v) is 7.14. The molecule has 3 heterocycles. The molecule has 0 N–H and O–H groups in total. The molecule has 5 rings (SSSR count). The first kappa shape index (κ1) is 16.4. The van der Waals surface area contributed by atoms with Gasteiger partial charge in [-0.15, -0.1) is 0 Å². The van der Waals surface area contributed by atoms with E-state index in [-0.39, 0.29) is 20.3 Å². The average molecular weight is 423 g/mol. The van der Waals surface area contributed by atoms with E-state index in [1.165, 1.54) is 0 Å². The first-order chi connectivity index (χ1) is 12.9. The molecule has 5 nitrogen and oxygen atoms in total. The molecule has 0 saturated carbocycles. The monoisotopic (exact) mass is 424 g/mol. The predicted octanol–water partition coefficient (Wildman–Crippen LogP) is 2.39. The Bertz CT molecular complexity index is 1430. The first-order valence-electron chi connectivity index (χ1n) is 8.73. The van der Waals surface area contributed by atoms with Gasteiger partial charge in [0.05, 0.1) is 0 Å². The van der Waals surface area contributed by atoms with Gasteiger partial charge in [-0.25, -0.2) is 0 Å². The summed E-state index contributed by atoms with van der Waals surface area (Å²) in [5.74, 6) is 0.654. The fourth-order valence-electron chi connectivity index (χ4n) is 3.80. The molecule has 2 aromatic heterocycles. The van der Waals surface area contributed by atoms with Gasteiger partial charge in [0.2, 0.25) is 0 Å². The van der Waals surface area contributed by atoms with Gasteiger partial charge in [0, 0.05) is 0 Å². The van der Waals surface area contributed by atoms with Gasteiger partial charge in [-0.2, -0.15) is 0 Å². The van der Waals surface area contributed by atoms with Crippen molar-refractivity contribution >= 4 is 43.4 Å². The number of nitrogens with zero attached hydrogens (tertiary/aromatic N) is 2. The minimum atomic E-state index is -4.65. The van der Waals surface area contributed by atoms with Gasteiger partial charge in [-0.3, -0.25) is 0 Å². The third-order valence-corrected chi connectivity index (χ3v) is 8.97. The molecule has 1 aliphatic rings. The first-order valence-corrected chi connectivity index (χ1v) is 11.8. The summed E-state index contributed by atoms with van der Waals surface area (Å²) >= 11 is -4.65. The van der Waals surface area contributed by atoms with Crippen LogP contribution in [0.5, 0.6) is 0 Å². The van der Waals surface area contributed by atoms with Crippen LogP contribution in [0.15, 0.2) is 59.5 Å². The van der Waals surface area contributed by atoms with E-state index < -0.39 is 12.7 Å². The van der Waals surface area contributed by atoms with Crippen molar-refractivity contribution in [3.63, 3.8) is 0 Å². The number of rotatable bonds is 1. The minimum absolute atomic E-state index is 0.152. The molecule has 1 aliphatic heterocycles. The van der Waals surface area contributed by atoms with E-state index >= 15 is 0 Å². The Morgan fingerprint density at radius 2 is 1.74 bits per heavy atom. The van der Waals surface area contributed by atoms with Gasteiger partial charge in [0.25, 0.3) is 0 Å². The molecule has 0 atom stereocenters. The molecule has 0 saturated heterocycles. The molecule has 2 aromatic carbocycles. The Morgan fingerprint density at radius 3 is 2.52 bits per heavy atom. The van der Waals surface area contributed by atoms with E-state index in [4.69, 9.17) is 0 Å². The van der Waals surface area contributed by atoms with Crippen LogP contribution in [0.2, 0.25) is 0 Å². The van der Waals surface area contributed by atoms with Crippen molar-refractivity contribution in [3.05, 3.63) is 70.5 Å². The third kappa shape index (κ3) is 2.05. The van der Waals surface area contributed by atoms with E-state index in [0.717, 1.165) is 5.56 Å². The van der Waals surface area contributed by atoms with Gasteiger partial charge < -0.3 is 0 Å². The maximum absolute atomic E-state index is 13.2. The van der Waals surface area contributed by atoms with Gasteiger partial charge in [-0.05, 0) is 0 Å². The number of para-hydroxylation sites is 1. The molecule has 0 fully saturated rings. The zero-order valence-electron chi connectivity index (χ0n) is 14.8. The van der Waals surface area contributed by atoms with Crippen molar-refractivity contribution in [3.8, 4) is 5.82 Å². The molecule has 4 aromatic rings. The summed E-state index contributed by atoms with van der Waals surface area (Å²) in [4.78, 5) is 17.5. The van der Waals surface area contributed by atoms with Crippen LogP contribution in [-0.2, 0) is 7.67 Å². The van der Waals surface area contributed by atoms with Crippen LogP contribution in [0.1, 0.15) is 25.3 Å². The Labute approximate surface area is 156 Å². The topological polar surface area (TPSA) is 69.0 Å². The zero-order valence-corrected chi connectivity index (χ0v) is 16.5. The van der Waals surface area contributed by atoms with E-state index in [9.17, 15) is 12.5 Å². The Kier molecular flexibility index (Phi) is 3.24. The second-order valence-electron chi connectivity index (χ2n) is 7.08. The SMILES string of the molecule is CC(C)c1ccc2c(=O)c3cccc4c3n(c2c1)-c1ncccc1[Se]4(=O)=O. The van der Waals surface area contributed by atoms with E-state index in [2.05, 4.69) is 18.8 Å². The van der Waals surface area contributed by atoms with Gasteiger partial charge in [0.1, 0.15) is 0 Å². The van der Waals surface area contributed by atoms with Crippen LogP contribution in [-0.4, -0.2) is 22.3 Å². The van der Waals surface area contributed by atoms with Crippen molar-refractivity contribution in [1.29, 1.82) is 0 Å². The van der Waals surface area contributed by atoms with Gasteiger partial charge in [-0.1, -0.05) is 0 Å². The second-order valence-corrected chi connectivity index (χ2v) is 11.0. The molecule has 27 heavy (non-hydrogen) atoms. The molecule has 6 heteroatoms. The van der Waals surface area contributed by atoms with Crippen LogP contribution in [0.4, 0.5) is 0 Å². The second kappa shape index (κ2) is 5.35.